The van der Waals surface area contributed by atoms with Crippen molar-refractivity contribution in [3.8, 4) is 0 Å². The number of amides is 2. The second kappa shape index (κ2) is 6.90. The van der Waals surface area contributed by atoms with E-state index in [1.165, 1.54) is 0 Å². The maximum Gasteiger partial charge on any atom is 0.255 e. The van der Waals surface area contributed by atoms with Crippen molar-refractivity contribution in [2.75, 3.05) is 10.6 Å². The van der Waals surface area contributed by atoms with Crippen LogP contribution in [0.15, 0.2) is 48.5 Å². The molecule has 21 heavy (non-hydrogen) atoms. The van der Waals surface area contributed by atoms with Crippen molar-refractivity contribution in [1.82, 2.24) is 0 Å². The number of rotatable bonds is 4. The molecule has 0 aliphatic heterocycles. The van der Waals surface area contributed by atoms with E-state index < -0.39 is 0 Å². The van der Waals surface area contributed by atoms with Gasteiger partial charge in [-0.15, -0.1) is 0 Å². The molecular weight excluding hydrogens is 288 g/mol. The Balaban J connectivity index is 2.03. The lowest BCUT2D eigenvalue weighted by Gasteiger charge is -2.07. The number of hydrogen-bond acceptors (Lipinski definition) is 2. The van der Waals surface area contributed by atoms with Crippen molar-refractivity contribution in [2.24, 2.45) is 0 Å². The summed E-state index contributed by atoms with van der Waals surface area (Å²) in [7, 11) is 0. The van der Waals surface area contributed by atoms with Crippen molar-refractivity contribution in [2.45, 2.75) is 13.3 Å². The van der Waals surface area contributed by atoms with Gasteiger partial charge in [-0.3, -0.25) is 9.59 Å². The monoisotopic (exact) mass is 302 g/mol. The van der Waals surface area contributed by atoms with E-state index in [4.69, 9.17) is 11.6 Å². The van der Waals surface area contributed by atoms with Gasteiger partial charge < -0.3 is 10.6 Å². The maximum absolute atomic E-state index is 12.0. The van der Waals surface area contributed by atoms with E-state index in [2.05, 4.69) is 10.6 Å². The third kappa shape index (κ3) is 4.33. The Morgan fingerprint density at radius 1 is 1.00 bits per heavy atom. The van der Waals surface area contributed by atoms with Gasteiger partial charge >= 0.3 is 0 Å². The number of anilines is 2. The van der Waals surface area contributed by atoms with Crippen LogP contribution in [0, 0.1) is 0 Å². The average molecular weight is 303 g/mol. The predicted octanol–water partition coefficient (Wildman–Crippen LogP) is 3.94. The Morgan fingerprint density at radius 3 is 2.19 bits per heavy atom. The number of benzene rings is 2. The molecule has 0 fully saturated rings. The van der Waals surface area contributed by atoms with Gasteiger partial charge in [0.2, 0.25) is 5.91 Å². The fourth-order valence-corrected chi connectivity index (χ4v) is 1.91. The molecule has 108 valence electrons. The molecule has 0 radical (unpaired) electrons. The van der Waals surface area contributed by atoms with Crippen molar-refractivity contribution in [1.29, 1.82) is 0 Å². The van der Waals surface area contributed by atoms with E-state index in [0.29, 0.717) is 28.4 Å². The summed E-state index contributed by atoms with van der Waals surface area (Å²) in [6, 6.07) is 13.7. The van der Waals surface area contributed by atoms with Gasteiger partial charge in [-0.1, -0.05) is 24.6 Å². The minimum absolute atomic E-state index is 0.0503. The summed E-state index contributed by atoms with van der Waals surface area (Å²) in [5, 5.41) is 6.03. The van der Waals surface area contributed by atoms with E-state index >= 15 is 0 Å². The summed E-state index contributed by atoms with van der Waals surface area (Å²) in [6.45, 7) is 1.79. The van der Waals surface area contributed by atoms with Crippen molar-refractivity contribution in [3.63, 3.8) is 0 Å². The zero-order chi connectivity index (χ0) is 15.2. The molecule has 0 saturated heterocycles. The molecule has 0 heterocycles. The SMILES string of the molecule is CCC(=O)Nc1ccc(NC(=O)c2cccc(Cl)c2)cc1. The molecule has 2 aromatic carbocycles. The van der Waals surface area contributed by atoms with E-state index in [0.717, 1.165) is 0 Å². The van der Waals surface area contributed by atoms with Gasteiger partial charge in [-0.25, -0.2) is 0 Å². The summed E-state index contributed by atoms with van der Waals surface area (Å²) in [5.74, 6) is -0.284. The second-order valence-corrected chi connectivity index (χ2v) is 4.88. The number of carbonyl (C=O) groups excluding carboxylic acids is 2. The van der Waals surface area contributed by atoms with Gasteiger partial charge in [0.25, 0.3) is 5.91 Å². The quantitative estimate of drug-likeness (QED) is 0.898. The third-order valence-corrected chi connectivity index (χ3v) is 3.07. The highest BCUT2D eigenvalue weighted by Crippen LogP contribution is 2.16. The van der Waals surface area contributed by atoms with Crippen LogP contribution in [-0.4, -0.2) is 11.8 Å². The molecule has 2 aromatic rings. The third-order valence-electron chi connectivity index (χ3n) is 2.83. The zero-order valence-electron chi connectivity index (χ0n) is 11.5. The van der Waals surface area contributed by atoms with E-state index in [-0.39, 0.29) is 11.8 Å². The van der Waals surface area contributed by atoms with E-state index in [1.54, 1.807) is 55.5 Å². The van der Waals surface area contributed by atoms with Crippen LogP contribution in [0.5, 0.6) is 0 Å². The largest absolute Gasteiger partial charge is 0.326 e. The van der Waals surface area contributed by atoms with Crippen molar-refractivity contribution in [3.05, 3.63) is 59.1 Å². The van der Waals surface area contributed by atoms with E-state index in [1.807, 2.05) is 0 Å². The Morgan fingerprint density at radius 2 is 1.62 bits per heavy atom. The first kappa shape index (κ1) is 15.1. The maximum atomic E-state index is 12.0. The molecule has 0 aliphatic rings. The standard InChI is InChI=1S/C16H15ClN2O2/c1-2-15(20)18-13-6-8-14(9-7-13)19-16(21)11-4-3-5-12(17)10-11/h3-10H,2H2,1H3,(H,18,20)(H,19,21). The Bertz CT molecular complexity index is 654. The Hall–Kier alpha value is -2.33. The molecule has 2 N–H and O–H groups in total. The molecule has 0 aliphatic carbocycles. The Kier molecular flexibility index (Phi) is 4.95. The second-order valence-electron chi connectivity index (χ2n) is 4.44. The minimum Gasteiger partial charge on any atom is -0.326 e. The summed E-state index contributed by atoms with van der Waals surface area (Å²) < 4.78 is 0. The molecule has 0 aromatic heterocycles. The summed E-state index contributed by atoms with van der Waals surface area (Å²) in [6.07, 6.45) is 0.424. The number of carbonyl (C=O) groups is 2. The summed E-state index contributed by atoms with van der Waals surface area (Å²) in [5.41, 5.74) is 1.84. The van der Waals surface area contributed by atoms with Crippen LogP contribution in [-0.2, 0) is 4.79 Å². The van der Waals surface area contributed by atoms with E-state index in [9.17, 15) is 9.59 Å². The van der Waals surface area contributed by atoms with Crippen LogP contribution < -0.4 is 10.6 Å². The number of halogens is 1. The minimum atomic E-state index is -0.233. The smallest absolute Gasteiger partial charge is 0.255 e. The van der Waals surface area contributed by atoms with Gasteiger partial charge in [0, 0.05) is 28.4 Å². The average Bonchev–Trinajstić information content (AvgIpc) is 2.49. The molecule has 2 rings (SSSR count). The van der Waals surface area contributed by atoms with Gasteiger partial charge in [0.1, 0.15) is 0 Å². The predicted molar refractivity (Wildman–Crippen MR) is 84.8 cm³/mol. The lowest BCUT2D eigenvalue weighted by molar-refractivity contribution is -0.115. The molecule has 0 saturated carbocycles. The van der Waals surface area contributed by atoms with Crippen LogP contribution in [0.4, 0.5) is 11.4 Å². The molecule has 5 heteroatoms. The first-order valence-corrected chi connectivity index (χ1v) is 6.93. The van der Waals surface area contributed by atoms with Crippen LogP contribution in [0.1, 0.15) is 23.7 Å². The zero-order valence-corrected chi connectivity index (χ0v) is 12.3. The lowest BCUT2D eigenvalue weighted by Crippen LogP contribution is -2.12. The highest BCUT2D eigenvalue weighted by molar-refractivity contribution is 6.31. The van der Waals surface area contributed by atoms with Crippen LogP contribution in [0.25, 0.3) is 0 Å². The number of nitrogens with one attached hydrogen (secondary N) is 2. The Labute approximate surface area is 128 Å². The molecule has 4 nitrogen and oxygen atoms in total. The summed E-state index contributed by atoms with van der Waals surface area (Å²) in [4.78, 5) is 23.3. The van der Waals surface area contributed by atoms with Gasteiger partial charge in [0.05, 0.1) is 0 Å². The van der Waals surface area contributed by atoms with Gasteiger partial charge in [0.15, 0.2) is 0 Å². The molecule has 0 bridgehead atoms. The first-order chi connectivity index (χ1) is 10.1. The van der Waals surface area contributed by atoms with Gasteiger partial charge in [-0.05, 0) is 42.5 Å². The van der Waals surface area contributed by atoms with Gasteiger partial charge in [-0.2, -0.15) is 0 Å². The highest BCUT2D eigenvalue weighted by Gasteiger charge is 2.06. The van der Waals surface area contributed by atoms with Crippen molar-refractivity contribution >= 4 is 34.8 Å². The van der Waals surface area contributed by atoms with Crippen LogP contribution >= 0.6 is 11.6 Å². The summed E-state index contributed by atoms with van der Waals surface area (Å²) >= 11 is 5.85. The normalized spacial score (nSPS) is 10.0. The fourth-order valence-electron chi connectivity index (χ4n) is 1.72. The molecule has 0 spiro atoms. The molecular formula is C16H15ClN2O2. The highest BCUT2D eigenvalue weighted by atomic mass is 35.5. The lowest BCUT2D eigenvalue weighted by atomic mass is 10.2. The van der Waals surface area contributed by atoms with Crippen LogP contribution in [0.2, 0.25) is 5.02 Å². The fraction of sp³-hybridized carbons (Fsp3) is 0.125. The van der Waals surface area contributed by atoms with Crippen molar-refractivity contribution < 1.29 is 9.59 Å². The number of hydrogen-bond donors (Lipinski definition) is 2. The van der Waals surface area contributed by atoms with Crippen LogP contribution in [0.3, 0.4) is 0 Å². The topological polar surface area (TPSA) is 58.2 Å². The molecule has 0 atom stereocenters. The first-order valence-electron chi connectivity index (χ1n) is 6.55. The molecule has 2 amide bonds. The molecule has 0 unspecified atom stereocenters.